The first-order valence-corrected chi connectivity index (χ1v) is 7.24. The van der Waals surface area contributed by atoms with E-state index in [1.807, 2.05) is 7.05 Å². The fraction of sp³-hybridized carbons (Fsp3) is 0.412. The monoisotopic (exact) mass is 270 g/mol. The summed E-state index contributed by atoms with van der Waals surface area (Å²) in [5.41, 5.74) is 1.30. The van der Waals surface area contributed by atoms with Crippen LogP contribution in [0.5, 0.6) is 0 Å². The molecule has 1 saturated heterocycles. The Morgan fingerprint density at radius 2 is 2.00 bits per heavy atom. The fourth-order valence-corrected chi connectivity index (χ4v) is 2.98. The van der Waals surface area contributed by atoms with Crippen LogP contribution in [0, 0.1) is 0 Å². The van der Waals surface area contributed by atoms with Gasteiger partial charge in [0.05, 0.1) is 18.8 Å². The van der Waals surface area contributed by atoms with Crippen LogP contribution in [0.2, 0.25) is 0 Å². The van der Waals surface area contributed by atoms with Gasteiger partial charge in [-0.15, -0.1) is 0 Å². The first-order chi connectivity index (χ1) is 9.78. The van der Waals surface area contributed by atoms with Crippen LogP contribution in [0.4, 0.5) is 0 Å². The van der Waals surface area contributed by atoms with Gasteiger partial charge in [0.15, 0.2) is 0 Å². The molecule has 0 saturated carbocycles. The minimum Gasteiger partial charge on any atom is -0.374 e. The number of morpholine rings is 1. The summed E-state index contributed by atoms with van der Waals surface area (Å²) in [4.78, 5) is 2.33. The molecule has 0 aliphatic carbocycles. The van der Waals surface area contributed by atoms with Crippen molar-refractivity contribution < 1.29 is 4.74 Å². The van der Waals surface area contributed by atoms with Crippen molar-refractivity contribution in [3.63, 3.8) is 0 Å². The number of fused-ring (bicyclic) bond motifs is 1. The maximum atomic E-state index is 5.96. The molecule has 2 unspecified atom stereocenters. The van der Waals surface area contributed by atoms with Crippen LogP contribution in [0.25, 0.3) is 10.8 Å². The highest BCUT2D eigenvalue weighted by atomic mass is 16.5. The zero-order valence-corrected chi connectivity index (χ0v) is 12.2. The fourth-order valence-electron chi connectivity index (χ4n) is 2.98. The van der Waals surface area contributed by atoms with Gasteiger partial charge in [-0.25, -0.2) is 0 Å². The molecule has 20 heavy (non-hydrogen) atoms. The van der Waals surface area contributed by atoms with E-state index < -0.39 is 0 Å². The first kappa shape index (κ1) is 13.6. The molecule has 0 spiro atoms. The Hall–Kier alpha value is -1.42. The molecule has 1 aliphatic heterocycles. The minimum atomic E-state index is 0.208. The zero-order valence-electron chi connectivity index (χ0n) is 12.2. The highest BCUT2D eigenvalue weighted by Crippen LogP contribution is 2.25. The molecule has 1 N–H and O–H groups in total. The molecule has 0 amide bonds. The molecule has 2 atom stereocenters. The number of nitrogens with zero attached hydrogens (tertiary/aromatic N) is 1. The van der Waals surface area contributed by atoms with Gasteiger partial charge in [0.25, 0.3) is 0 Å². The molecular formula is C17H22N2O. The standard InChI is InChI=1S/C17H22N2O/c1-18-17(16-12-19(2)9-10-20-16)15-8-7-13-5-3-4-6-14(13)11-15/h3-8,11,16-18H,9-10,12H2,1-2H3. The molecule has 106 valence electrons. The highest BCUT2D eigenvalue weighted by Gasteiger charge is 2.26. The minimum absolute atomic E-state index is 0.208. The number of likely N-dealkylation sites (N-methyl/N-ethyl adjacent to an activating group) is 2. The van der Waals surface area contributed by atoms with Crippen LogP contribution in [0.1, 0.15) is 11.6 Å². The third-order valence-corrected chi connectivity index (χ3v) is 4.11. The van der Waals surface area contributed by atoms with Crippen molar-refractivity contribution >= 4 is 10.8 Å². The lowest BCUT2D eigenvalue weighted by atomic mass is 9.97. The second-order valence-corrected chi connectivity index (χ2v) is 5.54. The molecule has 1 heterocycles. The smallest absolute Gasteiger partial charge is 0.0896 e. The van der Waals surface area contributed by atoms with Crippen molar-refractivity contribution in [2.24, 2.45) is 0 Å². The summed E-state index contributed by atoms with van der Waals surface area (Å²) < 4.78 is 5.96. The molecule has 3 heteroatoms. The molecule has 1 aliphatic rings. The van der Waals surface area contributed by atoms with Crippen molar-refractivity contribution in [2.75, 3.05) is 33.8 Å². The average Bonchev–Trinajstić information content (AvgIpc) is 2.48. The van der Waals surface area contributed by atoms with Gasteiger partial charge in [-0.2, -0.15) is 0 Å². The summed E-state index contributed by atoms with van der Waals surface area (Å²) in [5, 5.41) is 5.99. The molecular weight excluding hydrogens is 248 g/mol. The van der Waals surface area contributed by atoms with E-state index >= 15 is 0 Å². The molecule has 0 radical (unpaired) electrons. The van der Waals surface area contributed by atoms with E-state index in [-0.39, 0.29) is 12.1 Å². The summed E-state index contributed by atoms with van der Waals surface area (Å²) in [5.74, 6) is 0. The highest BCUT2D eigenvalue weighted by molar-refractivity contribution is 5.83. The van der Waals surface area contributed by atoms with Gasteiger partial charge in [-0.3, -0.25) is 0 Å². The average molecular weight is 270 g/mol. The molecule has 3 rings (SSSR count). The van der Waals surface area contributed by atoms with E-state index in [4.69, 9.17) is 4.74 Å². The topological polar surface area (TPSA) is 24.5 Å². The number of rotatable bonds is 3. The largest absolute Gasteiger partial charge is 0.374 e. The maximum absolute atomic E-state index is 5.96. The SMILES string of the molecule is CNC(c1ccc2ccccc2c1)C1CN(C)CCO1. The second-order valence-electron chi connectivity index (χ2n) is 5.54. The molecule has 1 fully saturated rings. The number of hydrogen-bond donors (Lipinski definition) is 1. The van der Waals surface area contributed by atoms with Crippen LogP contribution in [-0.4, -0.2) is 44.8 Å². The Labute approximate surface area is 120 Å². The molecule has 0 aromatic heterocycles. The van der Waals surface area contributed by atoms with E-state index in [1.165, 1.54) is 16.3 Å². The summed E-state index contributed by atoms with van der Waals surface area (Å²) in [6, 6.07) is 15.4. The normalized spacial score (nSPS) is 22.0. The first-order valence-electron chi connectivity index (χ1n) is 7.24. The third-order valence-electron chi connectivity index (χ3n) is 4.11. The van der Waals surface area contributed by atoms with E-state index in [0.717, 1.165) is 19.7 Å². The Morgan fingerprint density at radius 3 is 2.75 bits per heavy atom. The van der Waals surface area contributed by atoms with Gasteiger partial charge in [0.2, 0.25) is 0 Å². The van der Waals surface area contributed by atoms with Gasteiger partial charge < -0.3 is 15.0 Å². The van der Waals surface area contributed by atoms with E-state index in [0.29, 0.717) is 0 Å². The second kappa shape index (κ2) is 5.92. The lowest BCUT2D eigenvalue weighted by Crippen LogP contribution is -2.46. The van der Waals surface area contributed by atoms with Crippen LogP contribution < -0.4 is 5.32 Å². The van der Waals surface area contributed by atoms with Crippen LogP contribution in [0.15, 0.2) is 42.5 Å². The summed E-state index contributed by atoms with van der Waals surface area (Å²) in [6.45, 7) is 2.80. The van der Waals surface area contributed by atoms with Crippen LogP contribution >= 0.6 is 0 Å². The number of benzene rings is 2. The molecule has 3 nitrogen and oxygen atoms in total. The Bertz CT molecular complexity index is 584. The predicted octanol–water partition coefficient (Wildman–Crippen LogP) is 2.43. The lowest BCUT2D eigenvalue weighted by Gasteiger charge is -2.35. The number of hydrogen-bond acceptors (Lipinski definition) is 3. The summed E-state index contributed by atoms with van der Waals surface area (Å²) in [6.07, 6.45) is 0.208. The molecule has 2 aromatic rings. The molecule has 0 bridgehead atoms. The quantitative estimate of drug-likeness (QED) is 0.927. The maximum Gasteiger partial charge on any atom is 0.0896 e. The van der Waals surface area contributed by atoms with E-state index in [2.05, 4.69) is 59.7 Å². The van der Waals surface area contributed by atoms with Crippen LogP contribution in [0.3, 0.4) is 0 Å². The predicted molar refractivity (Wildman–Crippen MR) is 83.0 cm³/mol. The van der Waals surface area contributed by atoms with Crippen molar-refractivity contribution in [3.05, 3.63) is 48.0 Å². The van der Waals surface area contributed by atoms with Gasteiger partial charge >= 0.3 is 0 Å². The summed E-state index contributed by atoms with van der Waals surface area (Å²) >= 11 is 0. The Morgan fingerprint density at radius 1 is 1.20 bits per heavy atom. The lowest BCUT2D eigenvalue weighted by molar-refractivity contribution is -0.0380. The van der Waals surface area contributed by atoms with Gasteiger partial charge in [0, 0.05) is 13.1 Å². The van der Waals surface area contributed by atoms with Crippen molar-refractivity contribution in [3.8, 4) is 0 Å². The van der Waals surface area contributed by atoms with Gasteiger partial charge in [-0.05, 0) is 36.5 Å². The zero-order chi connectivity index (χ0) is 13.9. The Balaban J connectivity index is 1.90. The number of ether oxygens (including phenoxy) is 1. The van der Waals surface area contributed by atoms with Crippen molar-refractivity contribution in [1.82, 2.24) is 10.2 Å². The van der Waals surface area contributed by atoms with Crippen molar-refractivity contribution in [2.45, 2.75) is 12.1 Å². The van der Waals surface area contributed by atoms with Crippen molar-refractivity contribution in [1.29, 1.82) is 0 Å². The number of nitrogens with one attached hydrogen (secondary N) is 1. The molecule has 2 aromatic carbocycles. The third kappa shape index (κ3) is 2.70. The van der Waals surface area contributed by atoms with Gasteiger partial charge in [-0.1, -0.05) is 36.4 Å². The van der Waals surface area contributed by atoms with E-state index in [9.17, 15) is 0 Å². The van der Waals surface area contributed by atoms with E-state index in [1.54, 1.807) is 0 Å². The Kier molecular flexibility index (Phi) is 4.01. The van der Waals surface area contributed by atoms with Crippen LogP contribution in [-0.2, 0) is 4.74 Å². The van der Waals surface area contributed by atoms with Gasteiger partial charge in [0.1, 0.15) is 0 Å². The summed E-state index contributed by atoms with van der Waals surface area (Å²) in [7, 11) is 4.17.